The van der Waals surface area contributed by atoms with Gasteiger partial charge in [0.1, 0.15) is 5.00 Å². The Morgan fingerprint density at radius 3 is 2.38 bits per heavy atom. The molecule has 0 saturated heterocycles. The maximum absolute atomic E-state index is 13.2. The highest BCUT2D eigenvalue weighted by Gasteiger charge is 2.48. The van der Waals surface area contributed by atoms with Crippen LogP contribution in [-0.4, -0.2) is 29.1 Å². The first-order valence-corrected chi connectivity index (χ1v) is 11.3. The summed E-state index contributed by atoms with van der Waals surface area (Å²) < 4.78 is 5.45. The van der Waals surface area contributed by atoms with Crippen molar-refractivity contribution in [3.63, 3.8) is 0 Å². The van der Waals surface area contributed by atoms with E-state index in [1.165, 1.54) is 11.3 Å². The van der Waals surface area contributed by atoms with Gasteiger partial charge >= 0.3 is 11.9 Å². The van der Waals surface area contributed by atoms with E-state index in [0.717, 1.165) is 49.0 Å². The van der Waals surface area contributed by atoms with E-state index in [1.807, 2.05) is 12.2 Å². The van der Waals surface area contributed by atoms with Gasteiger partial charge in [-0.05, 0) is 69.8 Å². The Morgan fingerprint density at radius 1 is 1.10 bits per heavy atom. The van der Waals surface area contributed by atoms with Crippen LogP contribution < -0.4 is 5.32 Å². The fraction of sp³-hybridized carbons (Fsp3) is 0.591. The van der Waals surface area contributed by atoms with E-state index < -0.39 is 23.8 Å². The number of nitrogens with one attached hydrogen (secondary N) is 1. The molecule has 4 aliphatic rings. The third kappa shape index (κ3) is 3.72. The highest BCUT2D eigenvalue weighted by molar-refractivity contribution is 7.17. The van der Waals surface area contributed by atoms with E-state index >= 15 is 0 Å². The van der Waals surface area contributed by atoms with E-state index in [1.54, 1.807) is 13.8 Å². The van der Waals surface area contributed by atoms with Gasteiger partial charge in [0, 0.05) is 4.88 Å². The number of carboxylic acid groups (broad SMARTS) is 1. The summed E-state index contributed by atoms with van der Waals surface area (Å²) in [5.41, 5.74) is 1.46. The number of carbonyl (C=O) groups excluding carboxylic acids is 2. The molecule has 7 heteroatoms. The monoisotopic (exact) mass is 417 g/mol. The molecule has 1 heterocycles. The van der Waals surface area contributed by atoms with Crippen molar-refractivity contribution in [1.82, 2.24) is 0 Å². The first kappa shape index (κ1) is 20.1. The smallest absolute Gasteiger partial charge is 0.341 e. The van der Waals surface area contributed by atoms with Crippen LogP contribution in [0, 0.1) is 23.7 Å². The molecule has 2 bridgehead atoms. The third-order valence-corrected chi connectivity index (χ3v) is 7.50. The molecule has 4 aliphatic carbocycles. The van der Waals surface area contributed by atoms with Crippen LogP contribution in [-0.2, 0) is 27.2 Å². The van der Waals surface area contributed by atoms with Crippen LogP contribution in [0.15, 0.2) is 12.2 Å². The molecule has 4 atom stereocenters. The normalized spacial score (nSPS) is 27.6. The van der Waals surface area contributed by atoms with Crippen molar-refractivity contribution in [3.05, 3.63) is 28.2 Å². The molecule has 0 radical (unpaired) electrons. The summed E-state index contributed by atoms with van der Waals surface area (Å²) in [4.78, 5) is 39.0. The zero-order chi connectivity index (χ0) is 20.7. The van der Waals surface area contributed by atoms with Crippen molar-refractivity contribution in [2.75, 3.05) is 5.32 Å². The molecule has 1 fully saturated rings. The summed E-state index contributed by atoms with van der Waals surface area (Å²) in [5, 5.41) is 13.2. The maximum atomic E-state index is 13.2. The number of aliphatic carboxylic acids is 1. The molecule has 0 unspecified atom stereocenters. The molecule has 1 saturated carbocycles. The predicted octanol–water partition coefficient (Wildman–Crippen LogP) is 4.04. The first-order chi connectivity index (χ1) is 13.9. The summed E-state index contributed by atoms with van der Waals surface area (Å²) in [7, 11) is 0. The highest BCUT2D eigenvalue weighted by atomic mass is 32.1. The highest BCUT2D eigenvalue weighted by Crippen LogP contribution is 2.46. The molecular weight excluding hydrogens is 390 g/mol. The van der Waals surface area contributed by atoms with Crippen LogP contribution in [0.1, 0.15) is 60.3 Å². The Labute approximate surface area is 174 Å². The van der Waals surface area contributed by atoms with Crippen molar-refractivity contribution in [2.24, 2.45) is 23.7 Å². The molecular formula is C22H27NO5S. The summed E-state index contributed by atoms with van der Waals surface area (Å²) >= 11 is 1.44. The molecule has 2 N–H and O–H groups in total. The minimum atomic E-state index is -0.922. The molecule has 0 aliphatic heterocycles. The number of fused-ring (bicyclic) bond motifs is 3. The minimum Gasteiger partial charge on any atom is -0.481 e. The van der Waals surface area contributed by atoms with E-state index in [4.69, 9.17) is 4.74 Å². The molecule has 1 aromatic heterocycles. The van der Waals surface area contributed by atoms with Gasteiger partial charge in [-0.3, -0.25) is 9.59 Å². The van der Waals surface area contributed by atoms with Gasteiger partial charge in [0.05, 0.1) is 23.5 Å². The number of anilines is 1. The Bertz CT molecular complexity index is 871. The van der Waals surface area contributed by atoms with Gasteiger partial charge in [0.25, 0.3) is 0 Å². The standard InChI is InChI=1S/C22H27NO5S/c1-11(2)28-22(27)18-14-5-3-4-6-15(14)29-20(18)23-19(24)16-12-7-9-13(10-8-12)17(16)21(25)26/h7,9,11-13,16-17H,3-6,8,10H2,1-2H3,(H,23,24)(H,25,26)/t12-,13+,16-,17+/m1/s1. The van der Waals surface area contributed by atoms with Crippen molar-refractivity contribution in [2.45, 2.75) is 58.5 Å². The minimum absolute atomic E-state index is 0.0678. The Kier molecular flexibility index (Phi) is 5.51. The largest absolute Gasteiger partial charge is 0.481 e. The lowest BCUT2D eigenvalue weighted by Crippen LogP contribution is -2.47. The number of carbonyl (C=O) groups is 3. The summed E-state index contributed by atoms with van der Waals surface area (Å²) in [5.74, 6) is -3.11. The maximum Gasteiger partial charge on any atom is 0.341 e. The van der Waals surface area contributed by atoms with E-state index in [2.05, 4.69) is 5.32 Å². The van der Waals surface area contributed by atoms with Crippen molar-refractivity contribution < 1.29 is 24.2 Å². The lowest BCUT2D eigenvalue weighted by molar-refractivity contribution is -0.151. The van der Waals surface area contributed by atoms with E-state index in [-0.39, 0.29) is 23.8 Å². The number of carboxylic acids is 1. The topological polar surface area (TPSA) is 92.7 Å². The van der Waals surface area contributed by atoms with Gasteiger partial charge in [-0.25, -0.2) is 4.79 Å². The van der Waals surface area contributed by atoms with Gasteiger partial charge in [0.15, 0.2) is 0 Å². The first-order valence-electron chi connectivity index (χ1n) is 10.4. The summed E-state index contributed by atoms with van der Waals surface area (Å²) in [6, 6.07) is 0. The molecule has 5 rings (SSSR count). The second-order valence-electron chi connectivity index (χ2n) is 8.54. The van der Waals surface area contributed by atoms with E-state index in [0.29, 0.717) is 10.6 Å². The molecule has 6 nitrogen and oxygen atoms in total. The average Bonchev–Trinajstić information content (AvgIpc) is 3.05. The molecule has 0 spiro atoms. The number of hydrogen-bond acceptors (Lipinski definition) is 5. The molecule has 156 valence electrons. The Morgan fingerprint density at radius 2 is 1.76 bits per heavy atom. The second-order valence-corrected chi connectivity index (χ2v) is 9.64. The molecule has 1 amide bonds. The Hall–Kier alpha value is -2.15. The lowest BCUT2D eigenvalue weighted by Gasteiger charge is -2.41. The number of rotatable bonds is 5. The van der Waals surface area contributed by atoms with Crippen molar-refractivity contribution >= 4 is 34.2 Å². The SMILES string of the molecule is CC(C)OC(=O)c1c(NC(=O)[C@H]2[C@@H](C(=O)O)[C@H]3C=C[C@@H]2CC3)sc2c1CCCC2. The van der Waals surface area contributed by atoms with Crippen LogP contribution in [0.3, 0.4) is 0 Å². The number of esters is 1. The number of allylic oxidation sites excluding steroid dienone is 2. The van der Waals surface area contributed by atoms with Crippen molar-refractivity contribution in [1.29, 1.82) is 0 Å². The summed E-state index contributed by atoms with van der Waals surface area (Å²) in [6.07, 6.45) is 9.10. The number of thiophene rings is 1. The van der Waals surface area contributed by atoms with Gasteiger partial charge < -0.3 is 15.2 Å². The van der Waals surface area contributed by atoms with Crippen LogP contribution >= 0.6 is 11.3 Å². The summed E-state index contributed by atoms with van der Waals surface area (Å²) in [6.45, 7) is 3.61. The molecule has 0 aromatic carbocycles. The fourth-order valence-electron chi connectivity index (χ4n) is 5.03. The third-order valence-electron chi connectivity index (χ3n) is 6.29. The predicted molar refractivity (Wildman–Crippen MR) is 110 cm³/mol. The van der Waals surface area contributed by atoms with Gasteiger partial charge in [-0.1, -0.05) is 12.2 Å². The number of ether oxygens (including phenoxy) is 1. The van der Waals surface area contributed by atoms with E-state index in [9.17, 15) is 19.5 Å². The number of amides is 1. The second kappa shape index (κ2) is 7.94. The quantitative estimate of drug-likeness (QED) is 0.557. The lowest BCUT2D eigenvalue weighted by atomic mass is 9.62. The number of hydrogen-bond donors (Lipinski definition) is 2. The zero-order valence-corrected chi connectivity index (χ0v) is 17.6. The zero-order valence-electron chi connectivity index (χ0n) is 16.8. The average molecular weight is 418 g/mol. The fourth-order valence-corrected chi connectivity index (χ4v) is 6.31. The van der Waals surface area contributed by atoms with Crippen LogP contribution in [0.5, 0.6) is 0 Å². The molecule has 1 aromatic rings. The van der Waals surface area contributed by atoms with Gasteiger partial charge in [-0.2, -0.15) is 0 Å². The Balaban J connectivity index is 1.64. The number of aryl methyl sites for hydroxylation is 1. The van der Waals surface area contributed by atoms with Crippen LogP contribution in [0.2, 0.25) is 0 Å². The van der Waals surface area contributed by atoms with Gasteiger partial charge in [0.2, 0.25) is 5.91 Å². The van der Waals surface area contributed by atoms with Gasteiger partial charge in [-0.15, -0.1) is 11.3 Å². The molecule has 29 heavy (non-hydrogen) atoms. The van der Waals surface area contributed by atoms with Crippen molar-refractivity contribution in [3.8, 4) is 0 Å². The van der Waals surface area contributed by atoms with Crippen LogP contribution in [0.4, 0.5) is 5.00 Å². The van der Waals surface area contributed by atoms with Crippen LogP contribution in [0.25, 0.3) is 0 Å².